The Morgan fingerprint density at radius 3 is 2.33 bits per heavy atom. The van der Waals surface area contributed by atoms with Crippen molar-refractivity contribution in [3.63, 3.8) is 0 Å². The normalized spacial score (nSPS) is 18.1. The number of halogens is 1. The highest BCUT2D eigenvalue weighted by Crippen LogP contribution is 2.45. The maximum atomic E-state index is 11.5. The number of carboxylic acids is 1. The van der Waals surface area contributed by atoms with Crippen LogP contribution in [0.5, 0.6) is 0 Å². The van der Waals surface area contributed by atoms with Gasteiger partial charge in [0.15, 0.2) is 9.84 Å². The highest BCUT2D eigenvalue weighted by molar-refractivity contribution is 9.10. The van der Waals surface area contributed by atoms with Crippen molar-refractivity contribution in [2.24, 2.45) is 0 Å². The fourth-order valence-electron chi connectivity index (χ4n) is 2.26. The van der Waals surface area contributed by atoms with Gasteiger partial charge in [0.05, 0.1) is 10.3 Å². The number of carboxylic acid groups (broad SMARTS) is 1. The topological polar surface area (TPSA) is 71.4 Å². The lowest BCUT2D eigenvalue weighted by molar-refractivity contribution is -0.147. The molecular weight excluding hydrogens is 320 g/mol. The number of rotatable bonds is 3. The molecule has 6 heteroatoms. The fourth-order valence-corrected chi connectivity index (χ4v) is 4.24. The van der Waals surface area contributed by atoms with Gasteiger partial charge in [-0.25, -0.2) is 8.42 Å². The Bertz CT molecular complexity index is 603. The molecule has 0 radical (unpaired) electrons. The van der Waals surface area contributed by atoms with Gasteiger partial charge in [-0.15, -0.1) is 0 Å². The highest BCUT2D eigenvalue weighted by atomic mass is 79.9. The molecule has 0 spiro atoms. The standard InChI is InChI=1S/C12H13BrO4S/c1-18(16,17)10-4-3-8(7-9(10)13)12(11(14)15)5-2-6-12/h3-4,7H,2,5-6H2,1H3,(H,14,15). The van der Waals surface area contributed by atoms with Gasteiger partial charge in [-0.05, 0) is 46.5 Å². The average Bonchev–Trinajstić information content (AvgIpc) is 2.12. The summed E-state index contributed by atoms with van der Waals surface area (Å²) in [4.78, 5) is 11.5. The Hall–Kier alpha value is -0.880. The smallest absolute Gasteiger partial charge is 0.314 e. The van der Waals surface area contributed by atoms with Gasteiger partial charge in [-0.1, -0.05) is 12.5 Å². The predicted octanol–water partition coefficient (Wildman–Crippen LogP) is 2.36. The Balaban J connectivity index is 2.50. The minimum atomic E-state index is -3.30. The first-order valence-electron chi connectivity index (χ1n) is 5.51. The maximum Gasteiger partial charge on any atom is 0.314 e. The van der Waals surface area contributed by atoms with Crippen LogP contribution in [0.1, 0.15) is 24.8 Å². The van der Waals surface area contributed by atoms with E-state index in [1.807, 2.05) is 0 Å². The molecule has 4 nitrogen and oxygen atoms in total. The molecule has 0 amide bonds. The second-order valence-corrected chi connectivity index (χ2v) is 7.50. The Labute approximate surface area is 114 Å². The van der Waals surface area contributed by atoms with Crippen molar-refractivity contribution in [3.05, 3.63) is 28.2 Å². The molecular formula is C12H13BrO4S. The number of aliphatic carboxylic acids is 1. The average molecular weight is 333 g/mol. The molecule has 0 unspecified atom stereocenters. The molecule has 0 heterocycles. The van der Waals surface area contributed by atoms with Gasteiger partial charge in [0.25, 0.3) is 0 Å². The first-order valence-corrected chi connectivity index (χ1v) is 8.19. The number of carbonyl (C=O) groups is 1. The molecule has 1 aliphatic rings. The number of hydrogen-bond acceptors (Lipinski definition) is 3. The summed E-state index contributed by atoms with van der Waals surface area (Å²) < 4.78 is 23.4. The molecule has 1 aliphatic carbocycles. The molecule has 1 fully saturated rings. The third-order valence-corrected chi connectivity index (χ3v) is 5.57. The molecule has 0 aliphatic heterocycles. The molecule has 1 saturated carbocycles. The summed E-state index contributed by atoms with van der Waals surface area (Å²) in [5, 5.41) is 9.32. The van der Waals surface area contributed by atoms with Gasteiger partial charge in [-0.3, -0.25) is 4.79 Å². The molecule has 2 rings (SSSR count). The molecule has 0 atom stereocenters. The van der Waals surface area contributed by atoms with Gasteiger partial charge in [-0.2, -0.15) is 0 Å². The van der Waals surface area contributed by atoms with E-state index in [4.69, 9.17) is 0 Å². The lowest BCUT2D eigenvalue weighted by Gasteiger charge is -2.38. The van der Waals surface area contributed by atoms with E-state index in [1.54, 1.807) is 12.1 Å². The minimum absolute atomic E-state index is 0.186. The Kier molecular flexibility index (Phi) is 3.27. The van der Waals surface area contributed by atoms with Crippen molar-refractivity contribution in [3.8, 4) is 0 Å². The molecule has 0 saturated heterocycles. The van der Waals surface area contributed by atoms with Crippen molar-refractivity contribution >= 4 is 31.7 Å². The van der Waals surface area contributed by atoms with Crippen LogP contribution >= 0.6 is 15.9 Å². The molecule has 1 aromatic rings. The van der Waals surface area contributed by atoms with E-state index < -0.39 is 21.2 Å². The monoisotopic (exact) mass is 332 g/mol. The molecule has 1 aromatic carbocycles. The van der Waals surface area contributed by atoms with Gasteiger partial charge < -0.3 is 5.11 Å². The van der Waals surface area contributed by atoms with Crippen molar-refractivity contribution in [1.82, 2.24) is 0 Å². The second-order valence-electron chi connectivity index (χ2n) is 4.66. The first kappa shape index (κ1) is 13.5. The maximum absolute atomic E-state index is 11.5. The minimum Gasteiger partial charge on any atom is -0.481 e. The van der Waals surface area contributed by atoms with Crippen LogP contribution in [0.3, 0.4) is 0 Å². The Morgan fingerprint density at radius 1 is 1.39 bits per heavy atom. The first-order chi connectivity index (χ1) is 8.27. The third-order valence-electron chi connectivity index (χ3n) is 3.50. The summed E-state index contributed by atoms with van der Waals surface area (Å²) in [6.07, 6.45) is 3.22. The SMILES string of the molecule is CS(=O)(=O)c1ccc(C2(C(=O)O)CCC2)cc1Br. The summed E-state index contributed by atoms with van der Waals surface area (Å²) in [6, 6.07) is 4.69. The lowest BCUT2D eigenvalue weighted by Crippen LogP contribution is -2.42. The van der Waals surface area contributed by atoms with Crippen molar-refractivity contribution in [1.29, 1.82) is 0 Å². The van der Waals surface area contributed by atoms with Crippen molar-refractivity contribution in [2.75, 3.05) is 6.26 Å². The number of sulfone groups is 1. The van der Waals surface area contributed by atoms with Gasteiger partial charge in [0.2, 0.25) is 0 Å². The van der Waals surface area contributed by atoms with Crippen LogP contribution in [0.15, 0.2) is 27.6 Å². The van der Waals surface area contributed by atoms with E-state index in [2.05, 4.69) is 15.9 Å². The number of benzene rings is 1. The van der Waals surface area contributed by atoms with Crippen molar-refractivity contribution < 1.29 is 18.3 Å². The highest BCUT2D eigenvalue weighted by Gasteiger charge is 2.46. The second kappa shape index (κ2) is 4.35. The van der Waals surface area contributed by atoms with E-state index in [0.717, 1.165) is 12.7 Å². The summed E-state index contributed by atoms with van der Waals surface area (Å²) in [5.74, 6) is -0.840. The quantitative estimate of drug-likeness (QED) is 0.922. The van der Waals surface area contributed by atoms with Crippen LogP contribution in [0.4, 0.5) is 0 Å². The molecule has 18 heavy (non-hydrogen) atoms. The summed E-state index contributed by atoms with van der Waals surface area (Å²) in [5.41, 5.74) is -0.168. The van der Waals surface area contributed by atoms with E-state index >= 15 is 0 Å². The third kappa shape index (κ3) is 2.07. The molecule has 0 aromatic heterocycles. The van der Waals surface area contributed by atoms with Crippen LogP contribution in [-0.2, 0) is 20.0 Å². The summed E-state index contributed by atoms with van der Waals surface area (Å²) >= 11 is 3.21. The van der Waals surface area contributed by atoms with Crippen molar-refractivity contribution in [2.45, 2.75) is 29.6 Å². The van der Waals surface area contributed by atoms with Crippen LogP contribution in [0.2, 0.25) is 0 Å². The summed E-state index contributed by atoms with van der Waals surface area (Å²) in [6.45, 7) is 0. The lowest BCUT2D eigenvalue weighted by atomic mass is 9.64. The molecule has 0 bridgehead atoms. The zero-order valence-corrected chi connectivity index (χ0v) is 12.2. The molecule has 1 N–H and O–H groups in total. The van der Waals surface area contributed by atoms with Gasteiger partial charge >= 0.3 is 5.97 Å². The van der Waals surface area contributed by atoms with E-state index in [-0.39, 0.29) is 4.90 Å². The van der Waals surface area contributed by atoms with Gasteiger partial charge in [0.1, 0.15) is 0 Å². The van der Waals surface area contributed by atoms with Crippen LogP contribution < -0.4 is 0 Å². The van der Waals surface area contributed by atoms with Crippen LogP contribution in [0.25, 0.3) is 0 Å². The zero-order valence-electron chi connectivity index (χ0n) is 9.81. The number of hydrogen-bond donors (Lipinski definition) is 1. The van der Waals surface area contributed by atoms with E-state index in [9.17, 15) is 18.3 Å². The molecule has 98 valence electrons. The fraction of sp³-hybridized carbons (Fsp3) is 0.417. The van der Waals surface area contributed by atoms with Crippen LogP contribution in [0, 0.1) is 0 Å². The Morgan fingerprint density at radius 2 is 2.00 bits per heavy atom. The van der Waals surface area contributed by atoms with E-state index in [0.29, 0.717) is 22.9 Å². The van der Waals surface area contributed by atoms with Crippen LogP contribution in [-0.4, -0.2) is 25.7 Å². The largest absolute Gasteiger partial charge is 0.481 e. The predicted molar refractivity (Wildman–Crippen MR) is 70.4 cm³/mol. The summed E-state index contributed by atoms with van der Waals surface area (Å²) in [7, 11) is -3.30. The zero-order chi connectivity index (χ0) is 13.6. The van der Waals surface area contributed by atoms with Gasteiger partial charge in [0, 0.05) is 10.7 Å². The van der Waals surface area contributed by atoms with E-state index in [1.165, 1.54) is 6.07 Å².